The summed E-state index contributed by atoms with van der Waals surface area (Å²) in [6.45, 7) is 3.11. The molecule has 0 amide bonds. The SMILES string of the molecule is Cc1cc(F)ccc1C(=O)c1c(Br)cnn1CCN(C)C. The zero-order valence-electron chi connectivity index (χ0n) is 12.2. The van der Waals surface area contributed by atoms with E-state index in [9.17, 15) is 9.18 Å². The summed E-state index contributed by atoms with van der Waals surface area (Å²) in [4.78, 5) is 14.7. The van der Waals surface area contributed by atoms with E-state index in [2.05, 4.69) is 21.0 Å². The number of carbonyl (C=O) groups excluding carboxylic acids is 1. The molecule has 0 aliphatic rings. The average Bonchev–Trinajstić information content (AvgIpc) is 2.77. The lowest BCUT2D eigenvalue weighted by Gasteiger charge is -2.12. The Morgan fingerprint density at radius 3 is 2.76 bits per heavy atom. The fraction of sp³-hybridized carbons (Fsp3) is 0.333. The summed E-state index contributed by atoms with van der Waals surface area (Å²) in [5, 5.41) is 4.23. The van der Waals surface area contributed by atoms with Gasteiger partial charge in [-0.2, -0.15) is 5.10 Å². The second-order valence-electron chi connectivity index (χ2n) is 5.16. The van der Waals surface area contributed by atoms with Crippen molar-refractivity contribution in [1.82, 2.24) is 14.7 Å². The molecule has 21 heavy (non-hydrogen) atoms. The van der Waals surface area contributed by atoms with Crippen LogP contribution in [0.2, 0.25) is 0 Å². The molecule has 0 atom stereocenters. The molecule has 0 saturated carbocycles. The molecule has 0 aliphatic carbocycles. The molecule has 0 radical (unpaired) electrons. The number of carbonyl (C=O) groups is 1. The third-order valence-electron chi connectivity index (χ3n) is 3.20. The molecule has 1 heterocycles. The Morgan fingerprint density at radius 2 is 2.14 bits per heavy atom. The van der Waals surface area contributed by atoms with Crippen LogP contribution in [-0.2, 0) is 6.54 Å². The second-order valence-corrected chi connectivity index (χ2v) is 6.01. The Balaban J connectivity index is 2.36. The summed E-state index contributed by atoms with van der Waals surface area (Å²) >= 11 is 3.37. The first-order valence-corrected chi connectivity index (χ1v) is 7.36. The van der Waals surface area contributed by atoms with Crippen LogP contribution in [0.4, 0.5) is 4.39 Å². The van der Waals surface area contributed by atoms with Gasteiger partial charge in [-0.3, -0.25) is 9.48 Å². The highest BCUT2D eigenvalue weighted by Gasteiger charge is 2.20. The molecule has 2 rings (SSSR count). The molecule has 112 valence electrons. The number of aryl methyl sites for hydroxylation is 1. The lowest BCUT2D eigenvalue weighted by Crippen LogP contribution is -2.22. The van der Waals surface area contributed by atoms with Gasteiger partial charge in [-0.1, -0.05) is 0 Å². The summed E-state index contributed by atoms with van der Waals surface area (Å²) in [5.74, 6) is -0.500. The van der Waals surface area contributed by atoms with Crippen LogP contribution in [0.25, 0.3) is 0 Å². The fourth-order valence-electron chi connectivity index (χ4n) is 2.06. The molecule has 2 aromatic rings. The van der Waals surface area contributed by atoms with Gasteiger partial charge in [-0.25, -0.2) is 4.39 Å². The monoisotopic (exact) mass is 353 g/mol. The first-order chi connectivity index (χ1) is 9.90. The number of benzene rings is 1. The molecule has 6 heteroatoms. The fourth-order valence-corrected chi connectivity index (χ4v) is 2.54. The Morgan fingerprint density at radius 1 is 1.43 bits per heavy atom. The van der Waals surface area contributed by atoms with E-state index in [0.717, 1.165) is 6.54 Å². The van der Waals surface area contributed by atoms with Crippen molar-refractivity contribution >= 4 is 21.7 Å². The van der Waals surface area contributed by atoms with Crippen LogP contribution in [-0.4, -0.2) is 41.1 Å². The number of likely N-dealkylation sites (N-methyl/N-ethyl adjacent to an activating group) is 1. The van der Waals surface area contributed by atoms with Crippen LogP contribution in [0.5, 0.6) is 0 Å². The van der Waals surface area contributed by atoms with E-state index in [1.807, 2.05) is 19.0 Å². The maximum atomic E-state index is 13.2. The average molecular weight is 354 g/mol. The maximum absolute atomic E-state index is 13.2. The number of halogens is 2. The van der Waals surface area contributed by atoms with Gasteiger partial charge < -0.3 is 4.90 Å². The van der Waals surface area contributed by atoms with Crippen molar-refractivity contribution in [2.24, 2.45) is 0 Å². The molecule has 4 nitrogen and oxygen atoms in total. The largest absolute Gasteiger partial charge is 0.308 e. The number of hydrogen-bond donors (Lipinski definition) is 0. The first-order valence-electron chi connectivity index (χ1n) is 6.57. The van der Waals surface area contributed by atoms with E-state index in [4.69, 9.17) is 0 Å². The standard InChI is InChI=1S/C15H17BrFN3O/c1-10-8-11(17)4-5-12(10)15(21)14-13(16)9-18-20(14)7-6-19(2)3/h4-5,8-9H,6-7H2,1-3H3. The number of rotatable bonds is 5. The lowest BCUT2D eigenvalue weighted by molar-refractivity contribution is 0.102. The summed E-state index contributed by atoms with van der Waals surface area (Å²) < 4.78 is 15.5. The van der Waals surface area contributed by atoms with Crippen molar-refractivity contribution in [3.8, 4) is 0 Å². The van der Waals surface area contributed by atoms with Crippen molar-refractivity contribution in [1.29, 1.82) is 0 Å². The van der Waals surface area contributed by atoms with Crippen LogP contribution in [0.3, 0.4) is 0 Å². The van der Waals surface area contributed by atoms with E-state index >= 15 is 0 Å². The predicted molar refractivity (Wildman–Crippen MR) is 83.1 cm³/mol. The van der Waals surface area contributed by atoms with Gasteiger partial charge in [-0.15, -0.1) is 0 Å². The van der Waals surface area contributed by atoms with E-state index < -0.39 is 0 Å². The molecular formula is C15H17BrFN3O. The number of aromatic nitrogens is 2. The summed E-state index contributed by atoms with van der Waals surface area (Å²) in [6, 6.07) is 4.18. The van der Waals surface area contributed by atoms with Crippen molar-refractivity contribution in [2.75, 3.05) is 20.6 Å². The van der Waals surface area contributed by atoms with E-state index in [1.165, 1.54) is 18.2 Å². The van der Waals surface area contributed by atoms with Gasteiger partial charge in [0.1, 0.15) is 11.5 Å². The zero-order valence-corrected chi connectivity index (χ0v) is 13.8. The quantitative estimate of drug-likeness (QED) is 0.775. The molecule has 1 aromatic heterocycles. The molecule has 0 unspecified atom stereocenters. The van der Waals surface area contributed by atoms with Gasteiger partial charge in [0.25, 0.3) is 0 Å². The van der Waals surface area contributed by atoms with Crippen LogP contribution < -0.4 is 0 Å². The Labute approximate surface area is 131 Å². The van der Waals surface area contributed by atoms with Gasteiger partial charge in [-0.05, 0) is 60.7 Å². The van der Waals surface area contributed by atoms with Crippen molar-refractivity contribution in [3.63, 3.8) is 0 Å². The minimum Gasteiger partial charge on any atom is -0.308 e. The molecular weight excluding hydrogens is 337 g/mol. The highest BCUT2D eigenvalue weighted by atomic mass is 79.9. The molecule has 0 spiro atoms. The van der Waals surface area contributed by atoms with E-state index in [-0.39, 0.29) is 11.6 Å². The Kier molecular flexibility index (Phi) is 4.90. The number of nitrogens with zero attached hydrogens (tertiary/aromatic N) is 3. The number of ketones is 1. The Bertz CT molecular complexity index is 667. The summed E-state index contributed by atoms with van der Waals surface area (Å²) in [7, 11) is 3.92. The summed E-state index contributed by atoms with van der Waals surface area (Å²) in [6.07, 6.45) is 1.61. The minimum absolute atomic E-state index is 0.157. The number of hydrogen-bond acceptors (Lipinski definition) is 3. The van der Waals surface area contributed by atoms with Crippen molar-refractivity contribution < 1.29 is 9.18 Å². The second kappa shape index (κ2) is 6.49. The highest BCUT2D eigenvalue weighted by molar-refractivity contribution is 9.10. The highest BCUT2D eigenvalue weighted by Crippen LogP contribution is 2.22. The van der Waals surface area contributed by atoms with Crippen LogP contribution in [0.1, 0.15) is 21.6 Å². The summed E-state index contributed by atoms with van der Waals surface area (Å²) in [5.41, 5.74) is 1.60. The van der Waals surface area contributed by atoms with Crippen LogP contribution in [0, 0.1) is 12.7 Å². The van der Waals surface area contributed by atoms with Crippen LogP contribution in [0.15, 0.2) is 28.9 Å². The zero-order chi connectivity index (χ0) is 15.6. The topological polar surface area (TPSA) is 38.1 Å². The van der Waals surface area contributed by atoms with Gasteiger partial charge in [0.15, 0.2) is 0 Å². The van der Waals surface area contributed by atoms with Gasteiger partial charge in [0.2, 0.25) is 5.78 Å². The van der Waals surface area contributed by atoms with Gasteiger partial charge >= 0.3 is 0 Å². The van der Waals surface area contributed by atoms with Gasteiger partial charge in [0, 0.05) is 12.1 Å². The first kappa shape index (κ1) is 15.9. The third-order valence-corrected chi connectivity index (χ3v) is 3.78. The predicted octanol–water partition coefficient (Wildman–Crippen LogP) is 2.89. The molecule has 0 bridgehead atoms. The van der Waals surface area contributed by atoms with Crippen molar-refractivity contribution in [2.45, 2.75) is 13.5 Å². The molecule has 0 saturated heterocycles. The smallest absolute Gasteiger partial charge is 0.212 e. The molecule has 0 N–H and O–H groups in total. The van der Waals surface area contributed by atoms with Crippen LogP contribution >= 0.6 is 15.9 Å². The van der Waals surface area contributed by atoms with Gasteiger partial charge in [0.05, 0.1) is 17.2 Å². The normalized spacial score (nSPS) is 11.1. The molecule has 0 aliphatic heterocycles. The molecule has 1 aromatic carbocycles. The van der Waals surface area contributed by atoms with E-state index in [1.54, 1.807) is 17.8 Å². The Hall–Kier alpha value is -1.53. The lowest BCUT2D eigenvalue weighted by atomic mass is 10.0. The third kappa shape index (κ3) is 3.57. The maximum Gasteiger partial charge on any atom is 0.212 e. The minimum atomic E-state index is -0.343. The molecule has 0 fully saturated rings. The van der Waals surface area contributed by atoms with Crippen molar-refractivity contribution in [3.05, 3.63) is 51.5 Å². The van der Waals surface area contributed by atoms with E-state index in [0.29, 0.717) is 27.8 Å².